The van der Waals surface area contributed by atoms with Crippen LogP contribution >= 0.6 is 11.8 Å². The average Bonchev–Trinajstić information content (AvgIpc) is 3.30. The summed E-state index contributed by atoms with van der Waals surface area (Å²) in [6, 6.07) is 11.1. The molecule has 0 saturated carbocycles. The number of Topliss-reactive ketones (excluding diaryl/α,β-unsaturated/α-hetero) is 1. The Kier molecular flexibility index (Phi) is 4.69. The summed E-state index contributed by atoms with van der Waals surface area (Å²) in [5, 5.41) is 0.778. The Morgan fingerprint density at radius 3 is 2.93 bits per heavy atom. The first-order chi connectivity index (χ1) is 13.0. The van der Waals surface area contributed by atoms with Gasteiger partial charge < -0.3 is 0 Å². The summed E-state index contributed by atoms with van der Waals surface area (Å²) in [5.41, 5.74) is 3.20. The molecule has 27 heavy (non-hydrogen) atoms. The van der Waals surface area contributed by atoms with Crippen LogP contribution in [0.3, 0.4) is 0 Å². The van der Waals surface area contributed by atoms with Crippen molar-refractivity contribution in [2.75, 3.05) is 22.4 Å². The van der Waals surface area contributed by atoms with Crippen molar-refractivity contribution < 1.29 is 13.2 Å². The molecule has 6 nitrogen and oxygen atoms in total. The molecule has 140 valence electrons. The molecule has 3 aromatic rings. The number of carbonyl (C=O) groups is 1. The second-order valence-corrected chi connectivity index (χ2v) is 9.44. The molecule has 0 radical (unpaired) electrons. The van der Waals surface area contributed by atoms with Crippen LogP contribution < -0.4 is 4.31 Å². The van der Waals surface area contributed by atoms with Crippen molar-refractivity contribution in [3.63, 3.8) is 0 Å². The van der Waals surface area contributed by atoms with Gasteiger partial charge in [0.25, 0.3) is 0 Å². The van der Waals surface area contributed by atoms with Gasteiger partial charge in [-0.2, -0.15) is 0 Å². The number of anilines is 1. The molecule has 1 aromatic carbocycles. The van der Waals surface area contributed by atoms with E-state index in [1.807, 2.05) is 34.9 Å². The minimum atomic E-state index is -3.27. The number of carbonyl (C=O) groups excluding carboxylic acids is 1. The van der Waals surface area contributed by atoms with E-state index >= 15 is 0 Å². The maximum absolute atomic E-state index is 12.6. The number of thioether (sulfide) groups is 1. The van der Waals surface area contributed by atoms with E-state index in [9.17, 15) is 13.2 Å². The molecule has 0 bridgehead atoms. The van der Waals surface area contributed by atoms with Crippen molar-refractivity contribution in [2.24, 2.45) is 0 Å². The zero-order chi connectivity index (χ0) is 19.0. The summed E-state index contributed by atoms with van der Waals surface area (Å²) in [5.74, 6) is 0.360. The molecule has 0 amide bonds. The monoisotopic (exact) mass is 401 g/mol. The van der Waals surface area contributed by atoms with Gasteiger partial charge in [-0.3, -0.25) is 13.5 Å². The molecule has 0 atom stereocenters. The zero-order valence-electron chi connectivity index (χ0n) is 14.8. The Bertz CT molecular complexity index is 1120. The molecule has 1 aliphatic rings. The first kappa shape index (κ1) is 18.1. The van der Waals surface area contributed by atoms with Crippen molar-refractivity contribution in [3.8, 4) is 0 Å². The fourth-order valence-electron chi connectivity index (χ4n) is 3.23. The normalized spacial score (nSPS) is 13.9. The number of hydrogen-bond donors (Lipinski definition) is 0. The lowest BCUT2D eigenvalue weighted by atomic mass is 10.1. The van der Waals surface area contributed by atoms with Crippen molar-refractivity contribution >= 4 is 38.8 Å². The number of ketones is 1. The molecule has 8 heteroatoms. The number of nitrogens with zero attached hydrogens (tertiary/aromatic N) is 3. The Morgan fingerprint density at radius 1 is 1.26 bits per heavy atom. The molecule has 0 saturated heterocycles. The van der Waals surface area contributed by atoms with E-state index in [2.05, 4.69) is 4.98 Å². The lowest BCUT2D eigenvalue weighted by Gasteiger charge is -2.18. The third-order valence-electron chi connectivity index (χ3n) is 4.69. The van der Waals surface area contributed by atoms with Crippen LogP contribution in [0.15, 0.2) is 53.9 Å². The summed E-state index contributed by atoms with van der Waals surface area (Å²) in [6.45, 7) is 2.08. The number of pyridine rings is 1. The van der Waals surface area contributed by atoms with Gasteiger partial charge in [0.15, 0.2) is 10.9 Å². The number of hydrogen-bond acceptors (Lipinski definition) is 5. The third kappa shape index (κ3) is 3.35. The lowest BCUT2D eigenvalue weighted by molar-refractivity contribution is 0.102. The van der Waals surface area contributed by atoms with Crippen molar-refractivity contribution in [1.29, 1.82) is 0 Å². The number of fused-ring (bicyclic) bond motifs is 2. The van der Waals surface area contributed by atoms with E-state index in [4.69, 9.17) is 0 Å². The zero-order valence-corrected chi connectivity index (χ0v) is 16.5. The van der Waals surface area contributed by atoms with Gasteiger partial charge in [0.2, 0.25) is 10.0 Å². The van der Waals surface area contributed by atoms with E-state index in [1.165, 1.54) is 16.1 Å². The average molecular weight is 402 g/mol. The molecule has 0 spiro atoms. The molecule has 0 N–H and O–H groups in total. The lowest BCUT2D eigenvalue weighted by Crippen LogP contribution is -2.30. The Hall–Kier alpha value is -2.32. The minimum absolute atomic E-state index is 0.00674. The van der Waals surface area contributed by atoms with Crippen molar-refractivity contribution in [3.05, 3.63) is 59.9 Å². The molecule has 0 aliphatic carbocycles. The predicted molar refractivity (Wildman–Crippen MR) is 107 cm³/mol. The summed E-state index contributed by atoms with van der Waals surface area (Å²) in [7, 11) is -3.27. The van der Waals surface area contributed by atoms with Crippen LogP contribution in [0, 0.1) is 0 Å². The number of rotatable bonds is 6. The topological polar surface area (TPSA) is 71.8 Å². The van der Waals surface area contributed by atoms with E-state index in [0.717, 1.165) is 16.2 Å². The Labute approximate surface area is 162 Å². The van der Waals surface area contributed by atoms with Crippen LogP contribution in [0.1, 0.15) is 22.8 Å². The van der Waals surface area contributed by atoms with Gasteiger partial charge in [0.05, 0.1) is 28.9 Å². The Balaban J connectivity index is 1.50. The predicted octanol–water partition coefficient (Wildman–Crippen LogP) is 3.02. The van der Waals surface area contributed by atoms with E-state index in [1.54, 1.807) is 25.3 Å². The van der Waals surface area contributed by atoms with Gasteiger partial charge in [-0.15, -0.1) is 0 Å². The Morgan fingerprint density at radius 2 is 2.11 bits per heavy atom. The highest BCUT2D eigenvalue weighted by molar-refractivity contribution is 7.99. The van der Waals surface area contributed by atoms with Gasteiger partial charge in [-0.1, -0.05) is 17.8 Å². The molecule has 4 rings (SSSR count). The maximum atomic E-state index is 12.6. The van der Waals surface area contributed by atoms with Gasteiger partial charge >= 0.3 is 0 Å². The largest absolute Gasteiger partial charge is 0.295 e. The van der Waals surface area contributed by atoms with Crippen molar-refractivity contribution in [2.45, 2.75) is 18.5 Å². The summed E-state index contributed by atoms with van der Waals surface area (Å²) in [6.07, 6.45) is 4.34. The second-order valence-electron chi connectivity index (χ2n) is 6.31. The summed E-state index contributed by atoms with van der Waals surface area (Å²) in [4.78, 5) is 17.0. The standard InChI is InChI=1S/C19H19N3O3S2/c1-2-27(24,25)22-10-8-14-11-15(6-7-17(14)22)18(23)13-26-19-20-12-16-5-3-4-9-21(16)19/h3-7,9,11-12H,2,8,10,13H2,1H3. The van der Waals surface area contributed by atoms with E-state index in [0.29, 0.717) is 24.2 Å². The summed E-state index contributed by atoms with van der Waals surface area (Å²) < 4.78 is 27.7. The first-order valence-electron chi connectivity index (χ1n) is 8.71. The SMILES string of the molecule is CCS(=O)(=O)N1CCc2cc(C(=O)CSc3ncc4ccccn34)ccc21. The van der Waals surface area contributed by atoms with Gasteiger partial charge in [-0.25, -0.2) is 13.4 Å². The van der Waals surface area contributed by atoms with Crippen LogP contribution in [0.5, 0.6) is 0 Å². The molecule has 1 aliphatic heterocycles. The van der Waals surface area contributed by atoms with Crippen LogP contribution in [-0.4, -0.2) is 41.6 Å². The maximum Gasteiger partial charge on any atom is 0.234 e. The van der Waals surface area contributed by atoms with Crippen molar-refractivity contribution in [1.82, 2.24) is 9.38 Å². The smallest absolute Gasteiger partial charge is 0.234 e. The van der Waals surface area contributed by atoms with Crippen LogP contribution in [-0.2, 0) is 16.4 Å². The van der Waals surface area contributed by atoms with E-state index < -0.39 is 10.0 Å². The molecule has 3 heterocycles. The minimum Gasteiger partial charge on any atom is -0.295 e. The number of aromatic nitrogens is 2. The second kappa shape index (κ2) is 7.01. The van der Waals surface area contributed by atoms with Gasteiger partial charge in [0, 0.05) is 18.3 Å². The highest BCUT2D eigenvalue weighted by Gasteiger charge is 2.28. The molecular formula is C19H19N3O3S2. The summed E-state index contributed by atoms with van der Waals surface area (Å²) >= 11 is 1.40. The molecular weight excluding hydrogens is 382 g/mol. The molecule has 2 aromatic heterocycles. The van der Waals surface area contributed by atoms with Gasteiger partial charge in [0.1, 0.15) is 0 Å². The third-order valence-corrected chi connectivity index (χ3v) is 7.44. The number of benzene rings is 1. The highest BCUT2D eigenvalue weighted by atomic mass is 32.2. The van der Waals surface area contributed by atoms with Crippen LogP contribution in [0.25, 0.3) is 5.52 Å². The van der Waals surface area contributed by atoms with Gasteiger partial charge in [-0.05, 0) is 49.2 Å². The number of imidazole rings is 1. The van der Waals surface area contributed by atoms with E-state index in [-0.39, 0.29) is 17.3 Å². The quantitative estimate of drug-likeness (QED) is 0.469. The number of sulfonamides is 1. The van der Waals surface area contributed by atoms with Crippen LogP contribution in [0.4, 0.5) is 5.69 Å². The fraction of sp³-hybridized carbons (Fsp3) is 0.263. The highest BCUT2D eigenvalue weighted by Crippen LogP contribution is 2.31. The van der Waals surface area contributed by atoms with Crippen LogP contribution in [0.2, 0.25) is 0 Å². The molecule has 0 unspecified atom stereocenters. The first-order valence-corrected chi connectivity index (χ1v) is 11.3. The fourth-order valence-corrected chi connectivity index (χ4v) is 5.25. The molecule has 0 fully saturated rings.